The summed E-state index contributed by atoms with van der Waals surface area (Å²) in [5.41, 5.74) is 2.22. The van der Waals surface area contributed by atoms with Crippen LogP contribution in [0.1, 0.15) is 31.9 Å². The van der Waals surface area contributed by atoms with Gasteiger partial charge in [-0.1, -0.05) is 39.0 Å². The van der Waals surface area contributed by atoms with Crippen molar-refractivity contribution < 1.29 is 4.74 Å². The van der Waals surface area contributed by atoms with Gasteiger partial charge < -0.3 is 4.74 Å². The smallest absolute Gasteiger partial charge is 0.223 e. The van der Waals surface area contributed by atoms with Crippen LogP contribution in [-0.2, 0) is 11.3 Å². The summed E-state index contributed by atoms with van der Waals surface area (Å²) in [4.78, 5) is 4.23. The summed E-state index contributed by atoms with van der Waals surface area (Å²) < 4.78 is 5.84. The van der Waals surface area contributed by atoms with Crippen molar-refractivity contribution in [1.29, 1.82) is 0 Å². The van der Waals surface area contributed by atoms with Crippen LogP contribution >= 0.6 is 11.6 Å². The topological polar surface area (TPSA) is 22.1 Å². The van der Waals surface area contributed by atoms with Crippen molar-refractivity contribution in [3.8, 4) is 11.6 Å². The first-order chi connectivity index (χ1) is 9.00. The number of hydrogen-bond acceptors (Lipinski definition) is 2. The molecule has 0 radical (unpaired) electrons. The van der Waals surface area contributed by atoms with Crippen LogP contribution in [-0.4, -0.2) is 4.98 Å². The van der Waals surface area contributed by atoms with Crippen LogP contribution in [0.15, 0.2) is 42.6 Å². The molecule has 0 atom stereocenters. The van der Waals surface area contributed by atoms with E-state index in [-0.39, 0.29) is 5.41 Å². The van der Waals surface area contributed by atoms with Gasteiger partial charge in [-0.3, -0.25) is 0 Å². The van der Waals surface area contributed by atoms with Crippen molar-refractivity contribution in [2.45, 2.75) is 32.1 Å². The normalized spacial score (nSPS) is 11.4. The molecule has 0 aliphatic carbocycles. The highest BCUT2D eigenvalue weighted by Gasteiger charge is 2.14. The van der Waals surface area contributed by atoms with Gasteiger partial charge in [-0.05, 0) is 29.2 Å². The van der Waals surface area contributed by atoms with E-state index in [1.165, 1.54) is 5.56 Å². The van der Waals surface area contributed by atoms with E-state index in [4.69, 9.17) is 16.3 Å². The van der Waals surface area contributed by atoms with Crippen LogP contribution in [0.3, 0.4) is 0 Å². The number of halogens is 1. The van der Waals surface area contributed by atoms with Gasteiger partial charge in [0.15, 0.2) is 0 Å². The Kier molecular flexibility index (Phi) is 4.11. The number of nitrogens with zero attached hydrogens (tertiary/aromatic N) is 1. The molecule has 0 bridgehead atoms. The molecule has 0 aliphatic heterocycles. The van der Waals surface area contributed by atoms with Crippen LogP contribution in [0.4, 0.5) is 0 Å². The van der Waals surface area contributed by atoms with Gasteiger partial charge in [0.2, 0.25) is 5.88 Å². The fourth-order valence-corrected chi connectivity index (χ4v) is 1.96. The highest BCUT2D eigenvalue weighted by atomic mass is 35.5. The van der Waals surface area contributed by atoms with E-state index in [1.54, 1.807) is 6.20 Å². The monoisotopic (exact) mass is 275 g/mol. The molecule has 1 aromatic carbocycles. The Labute approximate surface area is 119 Å². The van der Waals surface area contributed by atoms with Gasteiger partial charge in [0.25, 0.3) is 0 Å². The Bertz CT molecular complexity index is 561. The Balaban J connectivity index is 2.29. The SMILES string of the molecule is CC(C)(C)c1cccc(Oc2ncccc2CCl)c1. The lowest BCUT2D eigenvalue weighted by atomic mass is 9.87. The zero-order valence-electron chi connectivity index (χ0n) is 11.5. The Morgan fingerprint density at radius 2 is 1.95 bits per heavy atom. The fourth-order valence-electron chi connectivity index (χ4n) is 1.76. The molecule has 0 fully saturated rings. The second kappa shape index (κ2) is 5.62. The minimum absolute atomic E-state index is 0.0960. The van der Waals surface area contributed by atoms with E-state index in [0.717, 1.165) is 11.3 Å². The largest absolute Gasteiger partial charge is 0.439 e. The summed E-state index contributed by atoms with van der Waals surface area (Å²) in [6.45, 7) is 6.53. The van der Waals surface area contributed by atoms with Gasteiger partial charge >= 0.3 is 0 Å². The molecule has 0 spiro atoms. The number of rotatable bonds is 3. The van der Waals surface area contributed by atoms with E-state index in [0.29, 0.717) is 11.8 Å². The molecule has 0 saturated heterocycles. The van der Waals surface area contributed by atoms with Crippen molar-refractivity contribution in [2.75, 3.05) is 0 Å². The molecule has 2 rings (SSSR count). The third-order valence-electron chi connectivity index (χ3n) is 2.91. The Morgan fingerprint density at radius 1 is 1.16 bits per heavy atom. The minimum Gasteiger partial charge on any atom is -0.439 e. The van der Waals surface area contributed by atoms with Gasteiger partial charge in [-0.2, -0.15) is 0 Å². The molecule has 0 N–H and O–H groups in total. The number of ether oxygens (including phenoxy) is 1. The maximum atomic E-state index is 5.88. The highest BCUT2D eigenvalue weighted by molar-refractivity contribution is 6.17. The molecule has 0 saturated carbocycles. The Morgan fingerprint density at radius 3 is 2.63 bits per heavy atom. The van der Waals surface area contributed by atoms with Crippen LogP contribution in [0.2, 0.25) is 0 Å². The average Bonchev–Trinajstić information content (AvgIpc) is 2.39. The molecule has 0 unspecified atom stereocenters. The molecule has 100 valence electrons. The molecule has 2 aromatic rings. The van der Waals surface area contributed by atoms with Crippen LogP contribution in [0, 0.1) is 0 Å². The van der Waals surface area contributed by atoms with E-state index in [9.17, 15) is 0 Å². The number of pyridine rings is 1. The van der Waals surface area contributed by atoms with Crippen LogP contribution in [0.25, 0.3) is 0 Å². The molecule has 1 heterocycles. The zero-order valence-corrected chi connectivity index (χ0v) is 12.2. The molecule has 3 heteroatoms. The lowest BCUT2D eigenvalue weighted by Crippen LogP contribution is -2.10. The number of benzene rings is 1. The van der Waals surface area contributed by atoms with Gasteiger partial charge in [-0.15, -0.1) is 11.6 Å². The number of hydrogen-bond donors (Lipinski definition) is 0. The quantitative estimate of drug-likeness (QED) is 0.743. The van der Waals surface area contributed by atoms with E-state index >= 15 is 0 Å². The molecule has 0 aliphatic rings. The minimum atomic E-state index is 0.0960. The van der Waals surface area contributed by atoms with Crippen LogP contribution < -0.4 is 4.74 Å². The van der Waals surface area contributed by atoms with E-state index in [2.05, 4.69) is 31.8 Å². The molecular weight excluding hydrogens is 258 g/mol. The first kappa shape index (κ1) is 13.9. The number of alkyl halides is 1. The van der Waals surface area contributed by atoms with Crippen molar-refractivity contribution in [3.63, 3.8) is 0 Å². The summed E-state index contributed by atoms with van der Waals surface area (Å²) in [5, 5.41) is 0. The van der Waals surface area contributed by atoms with Crippen molar-refractivity contribution in [3.05, 3.63) is 53.7 Å². The molecule has 2 nitrogen and oxygen atoms in total. The first-order valence-electron chi connectivity index (χ1n) is 6.29. The second-order valence-corrected chi connectivity index (χ2v) is 5.75. The summed E-state index contributed by atoms with van der Waals surface area (Å²) in [7, 11) is 0. The first-order valence-corrected chi connectivity index (χ1v) is 6.82. The van der Waals surface area contributed by atoms with Crippen molar-refractivity contribution in [1.82, 2.24) is 4.98 Å². The van der Waals surface area contributed by atoms with Crippen LogP contribution in [0.5, 0.6) is 11.6 Å². The van der Waals surface area contributed by atoms with Gasteiger partial charge in [0.1, 0.15) is 5.75 Å². The van der Waals surface area contributed by atoms with Gasteiger partial charge in [-0.25, -0.2) is 4.98 Å². The predicted octanol–water partition coefficient (Wildman–Crippen LogP) is 4.91. The zero-order chi connectivity index (χ0) is 13.9. The second-order valence-electron chi connectivity index (χ2n) is 5.48. The maximum Gasteiger partial charge on any atom is 0.223 e. The predicted molar refractivity (Wildman–Crippen MR) is 79.0 cm³/mol. The lowest BCUT2D eigenvalue weighted by Gasteiger charge is -2.19. The summed E-state index contributed by atoms with van der Waals surface area (Å²) in [6, 6.07) is 11.9. The standard InChI is InChI=1S/C16H18ClNO/c1-16(2,3)13-7-4-8-14(10-13)19-15-12(11-17)6-5-9-18-15/h4-10H,11H2,1-3H3. The highest BCUT2D eigenvalue weighted by Crippen LogP contribution is 2.29. The van der Waals surface area contributed by atoms with Crippen molar-refractivity contribution in [2.24, 2.45) is 0 Å². The number of aromatic nitrogens is 1. The molecular formula is C16H18ClNO. The molecule has 0 amide bonds. The molecule has 1 aromatic heterocycles. The summed E-state index contributed by atoms with van der Waals surface area (Å²) in [6.07, 6.45) is 1.71. The van der Waals surface area contributed by atoms with E-state index < -0.39 is 0 Å². The lowest BCUT2D eigenvalue weighted by molar-refractivity contribution is 0.455. The van der Waals surface area contributed by atoms with Gasteiger partial charge in [0, 0.05) is 11.8 Å². The third kappa shape index (κ3) is 3.48. The maximum absolute atomic E-state index is 5.88. The average molecular weight is 276 g/mol. The van der Waals surface area contributed by atoms with E-state index in [1.807, 2.05) is 30.3 Å². The summed E-state index contributed by atoms with van der Waals surface area (Å²) in [5.74, 6) is 1.75. The third-order valence-corrected chi connectivity index (χ3v) is 3.20. The molecule has 19 heavy (non-hydrogen) atoms. The fraction of sp³-hybridized carbons (Fsp3) is 0.312. The Hall–Kier alpha value is -1.54. The van der Waals surface area contributed by atoms with Crippen molar-refractivity contribution >= 4 is 11.6 Å². The van der Waals surface area contributed by atoms with Gasteiger partial charge in [0.05, 0.1) is 5.88 Å². The summed E-state index contributed by atoms with van der Waals surface area (Å²) >= 11 is 5.88.